The van der Waals surface area contributed by atoms with Gasteiger partial charge < -0.3 is 23.7 Å². The van der Waals surface area contributed by atoms with Gasteiger partial charge in [-0.1, -0.05) is 26.2 Å². The molecule has 0 spiro atoms. The van der Waals surface area contributed by atoms with Crippen LogP contribution in [-0.2, 0) is 18.9 Å². The maximum Gasteiger partial charge on any atom is 0.269 e. The Morgan fingerprint density at radius 2 is 1.21 bits per heavy atom. The van der Waals surface area contributed by atoms with E-state index in [-0.39, 0.29) is 5.69 Å². The van der Waals surface area contributed by atoms with Crippen LogP contribution in [0.3, 0.4) is 0 Å². The smallest absolute Gasteiger partial charge is 0.269 e. The van der Waals surface area contributed by atoms with Crippen LogP contribution in [0.1, 0.15) is 32.6 Å². The Morgan fingerprint density at radius 3 is 1.71 bits per heavy atom. The minimum atomic E-state index is -0.443. The maximum atomic E-state index is 10.6. The number of benzene rings is 1. The summed E-state index contributed by atoms with van der Waals surface area (Å²) >= 11 is 0. The Bertz CT molecular complexity index is 496. The Kier molecular flexibility index (Phi) is 15.1. The molecule has 160 valence electrons. The second-order valence-corrected chi connectivity index (χ2v) is 6.11. The van der Waals surface area contributed by atoms with E-state index in [4.69, 9.17) is 23.7 Å². The van der Waals surface area contributed by atoms with Crippen molar-refractivity contribution in [3.63, 3.8) is 0 Å². The summed E-state index contributed by atoms with van der Waals surface area (Å²) in [4.78, 5) is 10.1. The topological polar surface area (TPSA) is 89.3 Å². The molecule has 1 aromatic rings. The van der Waals surface area contributed by atoms with Gasteiger partial charge >= 0.3 is 0 Å². The molecule has 0 fully saturated rings. The fourth-order valence-electron chi connectivity index (χ4n) is 2.28. The number of nitrogens with zero attached hydrogens (tertiary/aromatic N) is 1. The third-order valence-corrected chi connectivity index (χ3v) is 3.80. The number of hydrogen-bond donors (Lipinski definition) is 0. The quantitative estimate of drug-likeness (QED) is 0.199. The van der Waals surface area contributed by atoms with Crippen LogP contribution in [0.4, 0.5) is 5.69 Å². The number of non-ortho nitro benzene ring substituents is 1. The van der Waals surface area contributed by atoms with Gasteiger partial charge in [-0.25, -0.2) is 0 Å². The van der Waals surface area contributed by atoms with Crippen molar-refractivity contribution in [1.82, 2.24) is 0 Å². The number of unbranched alkanes of at least 4 members (excludes halogenated alkanes) is 3. The largest absolute Gasteiger partial charge is 0.491 e. The normalized spacial score (nSPS) is 10.9. The molecule has 0 unspecified atom stereocenters. The number of nitro groups is 1. The van der Waals surface area contributed by atoms with Crippen LogP contribution in [0, 0.1) is 10.1 Å². The van der Waals surface area contributed by atoms with Crippen LogP contribution in [0.5, 0.6) is 5.75 Å². The summed E-state index contributed by atoms with van der Waals surface area (Å²) in [5, 5.41) is 10.6. The zero-order valence-electron chi connectivity index (χ0n) is 16.8. The first-order valence-corrected chi connectivity index (χ1v) is 9.92. The third kappa shape index (κ3) is 13.4. The lowest BCUT2D eigenvalue weighted by atomic mass is 10.2. The molecule has 1 rings (SSSR count). The molecule has 0 atom stereocenters. The van der Waals surface area contributed by atoms with E-state index in [9.17, 15) is 10.1 Å². The molecule has 0 amide bonds. The van der Waals surface area contributed by atoms with E-state index >= 15 is 0 Å². The number of hydrogen-bond acceptors (Lipinski definition) is 7. The third-order valence-electron chi connectivity index (χ3n) is 3.80. The van der Waals surface area contributed by atoms with Gasteiger partial charge in [-0.3, -0.25) is 10.1 Å². The molecule has 28 heavy (non-hydrogen) atoms. The SMILES string of the molecule is CCCCCCOCCOCCOCCOCCOc1ccc([N+](=O)[O-])cc1. The van der Waals surface area contributed by atoms with Gasteiger partial charge in [0.15, 0.2) is 0 Å². The molecule has 0 aliphatic rings. The van der Waals surface area contributed by atoms with Gasteiger partial charge in [-0.15, -0.1) is 0 Å². The van der Waals surface area contributed by atoms with Crippen molar-refractivity contribution in [3.05, 3.63) is 34.4 Å². The van der Waals surface area contributed by atoms with Gasteiger partial charge in [0.1, 0.15) is 12.4 Å². The van der Waals surface area contributed by atoms with E-state index in [1.165, 1.54) is 31.4 Å². The average molecular weight is 399 g/mol. The predicted molar refractivity (Wildman–Crippen MR) is 106 cm³/mol. The molecule has 0 saturated carbocycles. The van der Waals surface area contributed by atoms with Crippen LogP contribution in [0.25, 0.3) is 0 Å². The van der Waals surface area contributed by atoms with Gasteiger partial charge in [0, 0.05) is 18.7 Å². The van der Waals surface area contributed by atoms with Crippen molar-refractivity contribution in [2.75, 3.05) is 59.5 Å². The highest BCUT2D eigenvalue weighted by Crippen LogP contribution is 2.16. The summed E-state index contributed by atoms with van der Waals surface area (Å²) in [6.45, 7) is 7.07. The first kappa shape index (κ1) is 24.3. The molecular weight excluding hydrogens is 366 g/mol. The lowest BCUT2D eigenvalue weighted by Gasteiger charge is -2.08. The van der Waals surface area contributed by atoms with Crippen molar-refractivity contribution in [2.45, 2.75) is 32.6 Å². The summed E-state index contributed by atoms with van der Waals surface area (Å²) in [5.41, 5.74) is 0.0414. The highest BCUT2D eigenvalue weighted by molar-refractivity contribution is 5.35. The second-order valence-electron chi connectivity index (χ2n) is 6.11. The van der Waals surface area contributed by atoms with Crippen LogP contribution >= 0.6 is 0 Å². The Hall–Kier alpha value is -1.74. The molecule has 8 nitrogen and oxygen atoms in total. The summed E-state index contributed by atoms with van der Waals surface area (Å²) in [7, 11) is 0. The van der Waals surface area contributed by atoms with Crippen LogP contribution in [-0.4, -0.2) is 64.4 Å². The first-order chi connectivity index (χ1) is 13.7. The molecule has 0 aliphatic heterocycles. The van der Waals surface area contributed by atoms with E-state index in [0.717, 1.165) is 13.0 Å². The van der Waals surface area contributed by atoms with E-state index in [1.807, 2.05) is 0 Å². The number of nitro benzene ring substituents is 1. The van der Waals surface area contributed by atoms with Gasteiger partial charge in [0.2, 0.25) is 0 Å². The number of rotatable bonds is 19. The molecule has 0 aliphatic carbocycles. The molecule has 0 bridgehead atoms. The molecule has 0 radical (unpaired) electrons. The van der Waals surface area contributed by atoms with Crippen molar-refractivity contribution in [1.29, 1.82) is 0 Å². The highest BCUT2D eigenvalue weighted by Gasteiger charge is 2.04. The number of ether oxygens (including phenoxy) is 5. The van der Waals surface area contributed by atoms with Crippen LogP contribution in [0.15, 0.2) is 24.3 Å². The van der Waals surface area contributed by atoms with Gasteiger partial charge in [0.05, 0.1) is 51.2 Å². The van der Waals surface area contributed by atoms with Crippen LogP contribution < -0.4 is 4.74 Å². The first-order valence-electron chi connectivity index (χ1n) is 9.92. The summed E-state index contributed by atoms with van der Waals surface area (Å²) < 4.78 is 27.2. The monoisotopic (exact) mass is 399 g/mol. The van der Waals surface area contributed by atoms with E-state index in [2.05, 4.69) is 6.92 Å². The van der Waals surface area contributed by atoms with Crippen LogP contribution in [0.2, 0.25) is 0 Å². The fourth-order valence-corrected chi connectivity index (χ4v) is 2.28. The van der Waals surface area contributed by atoms with Gasteiger partial charge in [-0.05, 0) is 18.6 Å². The molecule has 8 heteroatoms. The minimum Gasteiger partial charge on any atom is -0.491 e. The summed E-state index contributed by atoms with van der Waals surface area (Å²) in [6.07, 6.45) is 4.87. The van der Waals surface area contributed by atoms with Gasteiger partial charge in [0.25, 0.3) is 5.69 Å². The average Bonchev–Trinajstić information content (AvgIpc) is 2.70. The molecule has 0 aromatic heterocycles. The van der Waals surface area contributed by atoms with E-state index in [1.54, 1.807) is 12.1 Å². The predicted octanol–water partition coefficient (Wildman–Crippen LogP) is 3.62. The summed E-state index contributed by atoms with van der Waals surface area (Å²) in [5.74, 6) is 0.576. The lowest BCUT2D eigenvalue weighted by Crippen LogP contribution is -2.13. The van der Waals surface area contributed by atoms with E-state index < -0.39 is 4.92 Å². The molecule has 0 N–H and O–H groups in total. The Balaban J connectivity index is 1.79. The van der Waals surface area contributed by atoms with Crippen molar-refractivity contribution < 1.29 is 28.6 Å². The lowest BCUT2D eigenvalue weighted by molar-refractivity contribution is -0.384. The second kappa shape index (κ2) is 17.4. The van der Waals surface area contributed by atoms with Gasteiger partial charge in [-0.2, -0.15) is 0 Å². The minimum absolute atomic E-state index is 0.0414. The highest BCUT2D eigenvalue weighted by atomic mass is 16.6. The molecular formula is C20H33NO7. The zero-order valence-corrected chi connectivity index (χ0v) is 16.8. The Labute approximate surface area is 167 Å². The molecule has 1 aromatic carbocycles. The maximum absolute atomic E-state index is 10.6. The molecule has 0 heterocycles. The molecule has 0 saturated heterocycles. The van der Waals surface area contributed by atoms with Crippen molar-refractivity contribution in [3.8, 4) is 5.75 Å². The summed E-state index contributed by atoms with van der Waals surface area (Å²) in [6, 6.07) is 5.95. The standard InChI is InChI=1S/C20H33NO7/c1-2-3-4-5-10-24-11-12-25-13-14-26-15-16-27-17-18-28-20-8-6-19(7-9-20)21(22)23/h6-9H,2-5,10-18H2,1H3. The fraction of sp³-hybridized carbons (Fsp3) is 0.700. The van der Waals surface area contributed by atoms with Crippen molar-refractivity contribution in [2.24, 2.45) is 0 Å². The zero-order chi connectivity index (χ0) is 20.3. The van der Waals surface area contributed by atoms with E-state index in [0.29, 0.717) is 58.6 Å². The van der Waals surface area contributed by atoms with Crippen molar-refractivity contribution >= 4 is 5.69 Å². The Morgan fingerprint density at radius 1 is 0.714 bits per heavy atom.